The highest BCUT2D eigenvalue weighted by atomic mass is 19.2. The molecule has 0 bridgehead atoms. The van der Waals surface area contributed by atoms with Crippen molar-refractivity contribution in [2.75, 3.05) is 6.61 Å². The van der Waals surface area contributed by atoms with Gasteiger partial charge in [-0.25, -0.2) is 9.37 Å². The number of benzene rings is 1. The van der Waals surface area contributed by atoms with Gasteiger partial charge in [-0.15, -0.1) is 0 Å². The van der Waals surface area contributed by atoms with Crippen molar-refractivity contribution >= 4 is 5.65 Å². The van der Waals surface area contributed by atoms with Crippen LogP contribution in [0.3, 0.4) is 0 Å². The second-order valence-electron chi connectivity index (χ2n) is 11.2. The summed E-state index contributed by atoms with van der Waals surface area (Å²) in [6, 6.07) is 6.92. The van der Waals surface area contributed by atoms with Crippen LogP contribution in [0.5, 0.6) is 5.75 Å². The lowest BCUT2D eigenvalue weighted by Crippen LogP contribution is -2.20. The van der Waals surface area contributed by atoms with E-state index in [1.807, 2.05) is 63.7 Å². The van der Waals surface area contributed by atoms with Gasteiger partial charge in [0.15, 0.2) is 11.6 Å². The summed E-state index contributed by atoms with van der Waals surface area (Å²) in [7, 11) is 1.82. The van der Waals surface area contributed by atoms with E-state index in [9.17, 15) is 9.50 Å². The Hall–Kier alpha value is -3.30. The van der Waals surface area contributed by atoms with Gasteiger partial charge in [0.25, 0.3) is 0 Å². The number of aliphatic hydroxyl groups is 1. The second kappa shape index (κ2) is 10.1. The summed E-state index contributed by atoms with van der Waals surface area (Å²) in [6.45, 7) is 8.53. The minimum Gasteiger partial charge on any atom is -0.489 e. The van der Waals surface area contributed by atoms with E-state index in [0.29, 0.717) is 35.8 Å². The number of halogens is 2. The fourth-order valence-corrected chi connectivity index (χ4v) is 4.63. The molecule has 38 heavy (non-hydrogen) atoms. The lowest BCUT2D eigenvalue weighted by atomic mass is 9.85. The van der Waals surface area contributed by atoms with Gasteiger partial charge < -0.3 is 19.6 Å². The number of nitrogens with one attached hydrogen (secondary N) is 1. The predicted octanol–water partition coefficient (Wildman–Crippen LogP) is 5.27. The Morgan fingerprint density at radius 2 is 1.95 bits per heavy atom. The first kappa shape index (κ1) is 26.3. The Bertz CT molecular complexity index is 1470. The molecule has 9 heteroatoms. The van der Waals surface area contributed by atoms with Crippen molar-refractivity contribution in [2.45, 2.75) is 65.6 Å². The average Bonchev–Trinajstić information content (AvgIpc) is 3.56. The topological polar surface area (TPSA) is 76.6 Å². The molecule has 0 spiro atoms. The highest BCUT2D eigenvalue weighted by Gasteiger charge is 2.30. The molecule has 1 fully saturated rings. The molecule has 1 aliphatic rings. The van der Waals surface area contributed by atoms with Gasteiger partial charge in [-0.3, -0.25) is 4.68 Å². The molecule has 7 nitrogen and oxygen atoms in total. The number of hydrogen-bond acceptors (Lipinski definition) is 5. The Labute approximate surface area is 221 Å². The Kier molecular flexibility index (Phi) is 7.00. The first-order valence-corrected chi connectivity index (χ1v) is 13.1. The molecule has 0 amide bonds. The SMILES string of the molecule is Cc1c(CCOc2c(-c3ccc4ncc(CNC5CC5)n4c3)ccc(F)c2F)c(C(O)C(C)(C)C)nn1C. The summed E-state index contributed by atoms with van der Waals surface area (Å²) in [5.74, 6) is -2.13. The maximum atomic E-state index is 15.1. The van der Waals surface area contributed by atoms with Crippen LogP contribution in [-0.2, 0) is 20.0 Å². The van der Waals surface area contributed by atoms with Crippen LogP contribution in [0.25, 0.3) is 16.8 Å². The quantitative estimate of drug-likeness (QED) is 0.312. The maximum Gasteiger partial charge on any atom is 0.201 e. The van der Waals surface area contributed by atoms with E-state index in [1.54, 1.807) is 4.68 Å². The summed E-state index contributed by atoms with van der Waals surface area (Å²) >= 11 is 0. The highest BCUT2D eigenvalue weighted by molar-refractivity contribution is 5.71. The molecule has 202 valence electrons. The number of fused-ring (bicyclic) bond motifs is 1. The molecule has 0 saturated heterocycles. The zero-order chi connectivity index (χ0) is 27.2. The highest BCUT2D eigenvalue weighted by Crippen LogP contribution is 2.36. The van der Waals surface area contributed by atoms with E-state index in [2.05, 4.69) is 15.4 Å². The third kappa shape index (κ3) is 5.17. The third-order valence-corrected chi connectivity index (χ3v) is 7.26. The molecule has 5 rings (SSSR count). The third-order valence-electron chi connectivity index (χ3n) is 7.26. The molecule has 0 aliphatic heterocycles. The maximum absolute atomic E-state index is 15.1. The fourth-order valence-electron chi connectivity index (χ4n) is 4.63. The minimum atomic E-state index is -1.03. The van der Waals surface area contributed by atoms with Crippen molar-refractivity contribution in [3.63, 3.8) is 0 Å². The number of ether oxygens (including phenoxy) is 1. The minimum absolute atomic E-state index is 0.0909. The first-order valence-electron chi connectivity index (χ1n) is 13.1. The van der Waals surface area contributed by atoms with Crippen molar-refractivity contribution in [1.29, 1.82) is 0 Å². The van der Waals surface area contributed by atoms with Crippen molar-refractivity contribution < 1.29 is 18.6 Å². The molecule has 0 radical (unpaired) electrons. The summed E-state index contributed by atoms with van der Waals surface area (Å²) in [5.41, 5.74) is 4.85. The number of aromatic nitrogens is 4. The zero-order valence-corrected chi connectivity index (χ0v) is 22.6. The normalized spacial score (nSPS) is 14.8. The van der Waals surface area contributed by atoms with Gasteiger partial charge in [0.05, 0.1) is 24.2 Å². The van der Waals surface area contributed by atoms with Crippen LogP contribution in [-0.4, -0.2) is 36.9 Å². The molecule has 3 heterocycles. The van der Waals surface area contributed by atoms with E-state index in [4.69, 9.17) is 4.74 Å². The van der Waals surface area contributed by atoms with E-state index in [0.717, 1.165) is 28.7 Å². The lowest BCUT2D eigenvalue weighted by molar-refractivity contribution is 0.0575. The van der Waals surface area contributed by atoms with Gasteiger partial charge >= 0.3 is 0 Å². The number of hydrogen-bond donors (Lipinski definition) is 2. The molecular weight excluding hydrogens is 488 g/mol. The van der Waals surface area contributed by atoms with Crippen molar-refractivity contribution in [1.82, 2.24) is 24.5 Å². The largest absolute Gasteiger partial charge is 0.489 e. The molecule has 1 saturated carbocycles. The van der Waals surface area contributed by atoms with Crippen molar-refractivity contribution in [3.05, 3.63) is 70.9 Å². The zero-order valence-electron chi connectivity index (χ0n) is 22.6. The summed E-state index contributed by atoms with van der Waals surface area (Å²) in [5, 5.41) is 18.9. The number of nitrogens with zero attached hydrogens (tertiary/aromatic N) is 4. The van der Waals surface area contributed by atoms with Crippen molar-refractivity contribution in [2.24, 2.45) is 12.5 Å². The van der Waals surface area contributed by atoms with Crippen LogP contribution in [0.1, 0.15) is 62.4 Å². The van der Waals surface area contributed by atoms with E-state index < -0.39 is 23.2 Å². The molecule has 1 aromatic carbocycles. The van der Waals surface area contributed by atoms with Crippen LogP contribution in [0, 0.1) is 24.0 Å². The second-order valence-corrected chi connectivity index (χ2v) is 11.2. The standard InChI is InChI=1S/C29H35F2N5O2/c1-17-21(26(34-35(17)5)28(37)29(2,3)4)12-13-38-27-22(9-10-23(30)25(27)31)18-6-11-24-33-15-20(36(24)16-18)14-32-19-7-8-19/h6,9-11,15-16,19,28,32,37H,7-8,12-14H2,1-5H3. The van der Waals surface area contributed by atoms with Crippen LogP contribution in [0.4, 0.5) is 8.78 Å². The molecule has 3 aromatic heterocycles. The van der Waals surface area contributed by atoms with Crippen LogP contribution >= 0.6 is 0 Å². The summed E-state index contributed by atoms with van der Waals surface area (Å²) < 4.78 is 39.0. The Morgan fingerprint density at radius 1 is 1.18 bits per heavy atom. The fraction of sp³-hybridized carbons (Fsp3) is 0.448. The Morgan fingerprint density at radius 3 is 2.66 bits per heavy atom. The van der Waals surface area contributed by atoms with Gasteiger partial charge in [-0.1, -0.05) is 20.8 Å². The smallest absolute Gasteiger partial charge is 0.201 e. The molecule has 4 aromatic rings. The number of rotatable bonds is 9. The van der Waals surface area contributed by atoms with Gasteiger partial charge in [-0.2, -0.15) is 9.49 Å². The van der Waals surface area contributed by atoms with Gasteiger partial charge in [0, 0.05) is 54.6 Å². The monoisotopic (exact) mass is 523 g/mol. The predicted molar refractivity (Wildman–Crippen MR) is 142 cm³/mol. The molecule has 2 N–H and O–H groups in total. The number of pyridine rings is 1. The summed E-state index contributed by atoms with van der Waals surface area (Å²) in [6.07, 6.45) is 5.70. The molecule has 1 atom stereocenters. The number of aryl methyl sites for hydroxylation is 1. The average molecular weight is 524 g/mol. The first-order chi connectivity index (χ1) is 18.0. The Balaban J connectivity index is 1.42. The number of aliphatic hydroxyl groups excluding tert-OH is 1. The molecule has 1 unspecified atom stereocenters. The van der Waals surface area contributed by atoms with E-state index in [1.165, 1.54) is 18.9 Å². The number of imidazole rings is 1. The van der Waals surface area contributed by atoms with Crippen LogP contribution < -0.4 is 10.1 Å². The van der Waals surface area contributed by atoms with Gasteiger partial charge in [0.1, 0.15) is 11.8 Å². The van der Waals surface area contributed by atoms with Gasteiger partial charge in [0.2, 0.25) is 5.82 Å². The van der Waals surface area contributed by atoms with Gasteiger partial charge in [-0.05, 0) is 49.4 Å². The van der Waals surface area contributed by atoms with E-state index >= 15 is 4.39 Å². The lowest BCUT2D eigenvalue weighted by Gasteiger charge is -2.25. The van der Waals surface area contributed by atoms with Crippen LogP contribution in [0.2, 0.25) is 0 Å². The van der Waals surface area contributed by atoms with E-state index in [-0.39, 0.29) is 12.4 Å². The summed E-state index contributed by atoms with van der Waals surface area (Å²) in [4.78, 5) is 4.47. The molecule has 1 aliphatic carbocycles. The molecular formula is C29H35F2N5O2. The van der Waals surface area contributed by atoms with Crippen LogP contribution in [0.15, 0.2) is 36.7 Å². The van der Waals surface area contributed by atoms with Crippen molar-refractivity contribution in [3.8, 4) is 16.9 Å².